The lowest BCUT2D eigenvalue weighted by atomic mass is 9.92. The summed E-state index contributed by atoms with van der Waals surface area (Å²) in [6.07, 6.45) is 3.86. The van der Waals surface area contributed by atoms with Gasteiger partial charge in [0.2, 0.25) is 11.8 Å². The van der Waals surface area contributed by atoms with Crippen LogP contribution in [0.25, 0.3) is 0 Å². The van der Waals surface area contributed by atoms with Crippen molar-refractivity contribution in [1.82, 2.24) is 10.2 Å². The third kappa shape index (κ3) is 4.33. The Balaban J connectivity index is 0.00000162. The Hall–Kier alpha value is -0.460. The largest absolute Gasteiger partial charge is 0.352 e. The molecule has 5 nitrogen and oxygen atoms in total. The molecule has 1 aliphatic carbocycles. The van der Waals surface area contributed by atoms with E-state index < -0.39 is 0 Å². The van der Waals surface area contributed by atoms with Gasteiger partial charge in [0.1, 0.15) is 6.54 Å². The van der Waals surface area contributed by atoms with Crippen molar-refractivity contribution < 1.29 is 9.59 Å². The van der Waals surface area contributed by atoms with Gasteiger partial charge >= 0.3 is 0 Å². The molecule has 0 radical (unpaired) electrons. The van der Waals surface area contributed by atoms with E-state index in [1.165, 1.54) is 0 Å². The Morgan fingerprint density at radius 2 is 2.06 bits per heavy atom. The zero-order chi connectivity index (χ0) is 12.3. The Morgan fingerprint density at radius 1 is 1.39 bits per heavy atom. The van der Waals surface area contributed by atoms with E-state index in [-0.39, 0.29) is 36.8 Å². The highest BCUT2D eigenvalue weighted by molar-refractivity contribution is 8.00. The summed E-state index contributed by atoms with van der Waals surface area (Å²) in [6.45, 7) is 0.203. The van der Waals surface area contributed by atoms with Crippen LogP contribution in [0.1, 0.15) is 25.7 Å². The Labute approximate surface area is 118 Å². The average molecular weight is 294 g/mol. The predicted octanol–water partition coefficient (Wildman–Crippen LogP) is 0.327. The number of nitrogens with one attached hydrogen (secondary N) is 1. The zero-order valence-corrected chi connectivity index (χ0v) is 11.9. The summed E-state index contributed by atoms with van der Waals surface area (Å²) in [6, 6.07) is 0.535. The molecule has 104 valence electrons. The second-order valence-electron chi connectivity index (χ2n) is 4.75. The van der Waals surface area contributed by atoms with Crippen molar-refractivity contribution in [1.29, 1.82) is 0 Å². The Morgan fingerprint density at radius 3 is 2.61 bits per heavy atom. The minimum atomic E-state index is -0.0404. The van der Waals surface area contributed by atoms with E-state index in [0.29, 0.717) is 17.7 Å². The van der Waals surface area contributed by atoms with Crippen LogP contribution in [0.3, 0.4) is 0 Å². The van der Waals surface area contributed by atoms with Crippen LogP contribution in [-0.4, -0.2) is 47.0 Å². The van der Waals surface area contributed by atoms with Crippen LogP contribution in [0.5, 0.6) is 0 Å². The molecule has 0 bridgehead atoms. The SMILES string of the molecule is Cl.NC1CCC(NC(=O)CN2CSCC2=O)CC1. The summed E-state index contributed by atoms with van der Waals surface area (Å²) in [5.74, 6) is 1.17. The van der Waals surface area contributed by atoms with Crippen LogP contribution >= 0.6 is 24.2 Å². The van der Waals surface area contributed by atoms with Crippen molar-refractivity contribution in [3.8, 4) is 0 Å². The lowest BCUT2D eigenvalue weighted by Crippen LogP contribution is -2.45. The molecule has 2 fully saturated rings. The molecule has 3 N–H and O–H groups in total. The first-order chi connectivity index (χ1) is 8.15. The molecule has 1 heterocycles. The fraction of sp³-hybridized carbons (Fsp3) is 0.818. The van der Waals surface area contributed by atoms with Gasteiger partial charge in [0, 0.05) is 12.1 Å². The van der Waals surface area contributed by atoms with Gasteiger partial charge in [-0.3, -0.25) is 9.59 Å². The molecule has 7 heteroatoms. The molecule has 1 saturated heterocycles. The molecule has 0 aromatic rings. The maximum absolute atomic E-state index is 11.7. The summed E-state index contributed by atoms with van der Waals surface area (Å²) in [4.78, 5) is 24.7. The van der Waals surface area contributed by atoms with E-state index in [1.807, 2.05) is 0 Å². The summed E-state index contributed by atoms with van der Waals surface area (Å²) < 4.78 is 0. The lowest BCUT2D eigenvalue weighted by Gasteiger charge is -2.27. The minimum Gasteiger partial charge on any atom is -0.352 e. The van der Waals surface area contributed by atoms with Crippen LogP contribution in [0.2, 0.25) is 0 Å². The van der Waals surface area contributed by atoms with Gasteiger partial charge in [-0.2, -0.15) is 0 Å². The number of halogens is 1. The van der Waals surface area contributed by atoms with E-state index in [1.54, 1.807) is 16.7 Å². The quantitative estimate of drug-likeness (QED) is 0.786. The molecule has 1 aliphatic heterocycles. The Bertz CT molecular complexity index is 309. The number of nitrogens with zero attached hydrogens (tertiary/aromatic N) is 1. The van der Waals surface area contributed by atoms with Gasteiger partial charge in [0.05, 0.1) is 11.6 Å². The van der Waals surface area contributed by atoms with Gasteiger partial charge in [-0.25, -0.2) is 0 Å². The number of hydrogen-bond donors (Lipinski definition) is 2. The van der Waals surface area contributed by atoms with Gasteiger partial charge in [0.25, 0.3) is 0 Å². The normalized spacial score (nSPS) is 27.8. The highest BCUT2D eigenvalue weighted by Gasteiger charge is 2.25. The molecule has 0 aromatic heterocycles. The fourth-order valence-electron chi connectivity index (χ4n) is 2.25. The monoisotopic (exact) mass is 293 g/mol. The van der Waals surface area contributed by atoms with Gasteiger partial charge < -0.3 is 16.0 Å². The Kier molecular flexibility index (Phi) is 6.25. The first-order valence-corrected chi connectivity index (χ1v) is 7.21. The number of amides is 2. The van der Waals surface area contributed by atoms with Crippen molar-refractivity contribution >= 4 is 36.0 Å². The van der Waals surface area contributed by atoms with Crippen molar-refractivity contribution in [2.24, 2.45) is 5.73 Å². The van der Waals surface area contributed by atoms with E-state index in [4.69, 9.17) is 5.73 Å². The van der Waals surface area contributed by atoms with Gasteiger partial charge in [-0.05, 0) is 25.7 Å². The molecule has 0 unspecified atom stereocenters. The van der Waals surface area contributed by atoms with E-state index >= 15 is 0 Å². The highest BCUT2D eigenvalue weighted by Crippen LogP contribution is 2.17. The molecule has 18 heavy (non-hydrogen) atoms. The van der Waals surface area contributed by atoms with Crippen LogP contribution < -0.4 is 11.1 Å². The fourth-order valence-corrected chi connectivity index (χ4v) is 3.15. The van der Waals surface area contributed by atoms with Crippen molar-refractivity contribution in [3.63, 3.8) is 0 Å². The smallest absolute Gasteiger partial charge is 0.239 e. The molecule has 2 aliphatic rings. The maximum Gasteiger partial charge on any atom is 0.239 e. The molecule has 1 saturated carbocycles. The summed E-state index contributed by atoms with van der Waals surface area (Å²) in [5, 5.41) is 2.99. The van der Waals surface area contributed by atoms with Crippen LogP contribution in [0, 0.1) is 0 Å². The van der Waals surface area contributed by atoms with Gasteiger partial charge in [0.15, 0.2) is 0 Å². The maximum atomic E-state index is 11.7. The molecule has 0 spiro atoms. The molecule has 0 atom stereocenters. The van der Waals surface area contributed by atoms with E-state index in [0.717, 1.165) is 25.7 Å². The topological polar surface area (TPSA) is 75.4 Å². The van der Waals surface area contributed by atoms with Crippen molar-refractivity contribution in [2.75, 3.05) is 18.2 Å². The lowest BCUT2D eigenvalue weighted by molar-refractivity contribution is -0.132. The molecule has 0 aromatic carbocycles. The number of rotatable bonds is 3. The summed E-state index contributed by atoms with van der Waals surface area (Å²) in [7, 11) is 0. The number of carbonyl (C=O) groups excluding carboxylic acids is 2. The second-order valence-corrected chi connectivity index (χ2v) is 5.70. The van der Waals surface area contributed by atoms with Gasteiger partial charge in [-0.1, -0.05) is 0 Å². The third-order valence-corrected chi connectivity index (χ3v) is 4.24. The molecule has 2 amide bonds. The summed E-state index contributed by atoms with van der Waals surface area (Å²) in [5.41, 5.74) is 5.81. The standard InChI is InChI=1S/C11H19N3O2S.ClH/c12-8-1-3-9(4-2-8)13-10(15)5-14-7-17-6-11(14)16;/h8-9H,1-7,12H2,(H,13,15);1H. The van der Waals surface area contributed by atoms with E-state index in [9.17, 15) is 9.59 Å². The average Bonchev–Trinajstić information content (AvgIpc) is 2.68. The third-order valence-electron chi connectivity index (χ3n) is 3.30. The van der Waals surface area contributed by atoms with Crippen LogP contribution in [-0.2, 0) is 9.59 Å². The highest BCUT2D eigenvalue weighted by atomic mass is 35.5. The number of thioether (sulfide) groups is 1. The van der Waals surface area contributed by atoms with Crippen molar-refractivity contribution in [3.05, 3.63) is 0 Å². The van der Waals surface area contributed by atoms with Crippen LogP contribution in [0.4, 0.5) is 0 Å². The van der Waals surface area contributed by atoms with E-state index in [2.05, 4.69) is 5.32 Å². The van der Waals surface area contributed by atoms with Gasteiger partial charge in [-0.15, -0.1) is 24.2 Å². The number of nitrogens with two attached hydrogens (primary N) is 1. The van der Waals surface area contributed by atoms with Crippen molar-refractivity contribution in [2.45, 2.75) is 37.8 Å². The molecule has 2 rings (SSSR count). The predicted molar refractivity (Wildman–Crippen MR) is 74.7 cm³/mol. The number of hydrogen-bond acceptors (Lipinski definition) is 4. The molecular weight excluding hydrogens is 274 g/mol. The summed E-state index contributed by atoms with van der Waals surface area (Å²) >= 11 is 1.56. The number of carbonyl (C=O) groups is 2. The first kappa shape index (κ1) is 15.6. The minimum absolute atomic E-state index is 0. The zero-order valence-electron chi connectivity index (χ0n) is 10.3. The second kappa shape index (κ2) is 7.21. The first-order valence-electron chi connectivity index (χ1n) is 6.05. The molecular formula is C11H20ClN3O2S. The van der Waals surface area contributed by atoms with Crippen LogP contribution in [0.15, 0.2) is 0 Å².